The summed E-state index contributed by atoms with van der Waals surface area (Å²) in [6.07, 6.45) is 0. The van der Waals surface area contributed by atoms with Gasteiger partial charge in [0.1, 0.15) is 5.75 Å². The van der Waals surface area contributed by atoms with Crippen molar-refractivity contribution in [3.8, 4) is 5.75 Å². The standard InChI is InChI=1S/C7H6N2O3/c10-5-3-1-2-4-6(5)9(12)7(11)8-4/h1-3,10,12H,(H,8,11). The van der Waals surface area contributed by atoms with Gasteiger partial charge in [-0.2, -0.15) is 0 Å². The molecule has 0 bridgehead atoms. The van der Waals surface area contributed by atoms with E-state index >= 15 is 0 Å². The molecule has 1 aromatic carbocycles. The van der Waals surface area contributed by atoms with Gasteiger partial charge < -0.3 is 15.3 Å². The topological polar surface area (TPSA) is 78.2 Å². The first-order valence-electron chi connectivity index (χ1n) is 3.32. The lowest BCUT2D eigenvalue weighted by Crippen LogP contribution is -2.12. The Morgan fingerprint density at radius 2 is 2.17 bits per heavy atom. The summed E-state index contributed by atoms with van der Waals surface area (Å²) in [7, 11) is 0. The van der Waals surface area contributed by atoms with Crippen LogP contribution in [0, 0.1) is 0 Å². The van der Waals surface area contributed by atoms with E-state index in [1.807, 2.05) is 0 Å². The van der Waals surface area contributed by atoms with Crippen LogP contribution in [0.2, 0.25) is 0 Å². The highest BCUT2D eigenvalue weighted by atomic mass is 16.5. The number of aromatic nitrogens is 2. The van der Waals surface area contributed by atoms with E-state index in [1.54, 1.807) is 12.1 Å². The summed E-state index contributed by atoms with van der Waals surface area (Å²) in [5.74, 6) is -0.131. The average molecular weight is 166 g/mol. The van der Waals surface area contributed by atoms with Gasteiger partial charge in [-0.3, -0.25) is 0 Å². The normalized spacial score (nSPS) is 10.7. The van der Waals surface area contributed by atoms with Gasteiger partial charge in [-0.25, -0.2) is 4.79 Å². The zero-order valence-electron chi connectivity index (χ0n) is 5.98. The number of aromatic hydroxyl groups is 1. The SMILES string of the molecule is O=c1[nH]c2cccc(O)c2n1O. The first kappa shape index (κ1) is 6.78. The van der Waals surface area contributed by atoms with Gasteiger partial charge in [0.25, 0.3) is 0 Å². The Morgan fingerprint density at radius 3 is 2.83 bits per heavy atom. The molecule has 12 heavy (non-hydrogen) atoms. The van der Waals surface area contributed by atoms with Gasteiger partial charge in [0.2, 0.25) is 0 Å². The lowest BCUT2D eigenvalue weighted by molar-refractivity contribution is 0.186. The number of imidazole rings is 1. The Hall–Kier alpha value is -1.91. The Labute approximate surface area is 66.5 Å². The van der Waals surface area contributed by atoms with Gasteiger partial charge in [0.05, 0.1) is 5.52 Å². The van der Waals surface area contributed by atoms with Crippen LogP contribution in [0.4, 0.5) is 0 Å². The first-order chi connectivity index (χ1) is 5.70. The number of aromatic amines is 1. The van der Waals surface area contributed by atoms with Crippen LogP contribution in [0.1, 0.15) is 0 Å². The molecule has 0 aliphatic heterocycles. The second-order valence-electron chi connectivity index (χ2n) is 2.42. The Bertz CT molecular complexity index is 483. The summed E-state index contributed by atoms with van der Waals surface area (Å²) in [4.78, 5) is 13.2. The van der Waals surface area contributed by atoms with Gasteiger partial charge >= 0.3 is 5.69 Å². The number of nitrogens with zero attached hydrogens (tertiary/aromatic N) is 1. The summed E-state index contributed by atoms with van der Waals surface area (Å²) >= 11 is 0. The largest absolute Gasteiger partial charge is 0.506 e. The van der Waals surface area contributed by atoms with E-state index < -0.39 is 5.69 Å². The Balaban J connectivity index is 3.07. The lowest BCUT2D eigenvalue weighted by Gasteiger charge is -1.94. The minimum atomic E-state index is -0.661. The number of H-pyrrole nitrogens is 1. The summed E-state index contributed by atoms with van der Waals surface area (Å²) in [5, 5.41) is 18.3. The number of rotatable bonds is 0. The molecule has 1 heterocycles. The molecule has 0 radical (unpaired) electrons. The maximum absolute atomic E-state index is 10.8. The molecule has 0 atom stereocenters. The third-order valence-corrected chi connectivity index (χ3v) is 1.66. The number of hydrogen-bond acceptors (Lipinski definition) is 3. The molecule has 1 aromatic heterocycles. The minimum absolute atomic E-state index is 0.0995. The predicted molar refractivity (Wildman–Crippen MR) is 41.4 cm³/mol. The summed E-state index contributed by atoms with van der Waals surface area (Å²) in [6, 6.07) is 4.55. The fourth-order valence-corrected chi connectivity index (χ4v) is 1.12. The number of hydrogen-bond donors (Lipinski definition) is 3. The number of fused-ring (bicyclic) bond motifs is 1. The summed E-state index contributed by atoms with van der Waals surface area (Å²) < 4.78 is 0.380. The van der Waals surface area contributed by atoms with Crippen molar-refractivity contribution in [2.75, 3.05) is 0 Å². The zero-order valence-corrected chi connectivity index (χ0v) is 5.98. The molecule has 0 unspecified atom stereocenters. The third kappa shape index (κ3) is 0.701. The molecule has 0 spiro atoms. The number of nitrogens with one attached hydrogen (secondary N) is 1. The Morgan fingerprint density at radius 1 is 1.42 bits per heavy atom. The third-order valence-electron chi connectivity index (χ3n) is 1.66. The van der Waals surface area contributed by atoms with Gasteiger partial charge in [-0.15, -0.1) is 4.73 Å². The minimum Gasteiger partial charge on any atom is -0.506 e. The van der Waals surface area contributed by atoms with Crippen LogP contribution >= 0.6 is 0 Å². The maximum Gasteiger partial charge on any atom is 0.359 e. The Kier molecular flexibility index (Phi) is 1.15. The van der Waals surface area contributed by atoms with Crippen LogP contribution < -0.4 is 5.69 Å². The van der Waals surface area contributed by atoms with E-state index in [0.717, 1.165) is 0 Å². The maximum atomic E-state index is 10.8. The lowest BCUT2D eigenvalue weighted by atomic mass is 10.3. The van der Waals surface area contributed by atoms with Crippen molar-refractivity contribution in [2.45, 2.75) is 0 Å². The predicted octanol–water partition coefficient (Wildman–Crippen LogP) is 0.272. The smallest absolute Gasteiger partial charge is 0.359 e. The van der Waals surface area contributed by atoms with Crippen molar-refractivity contribution >= 4 is 11.0 Å². The van der Waals surface area contributed by atoms with Gasteiger partial charge in [-0.1, -0.05) is 6.07 Å². The molecule has 0 amide bonds. The van der Waals surface area contributed by atoms with Gasteiger partial charge in [0.15, 0.2) is 5.52 Å². The second-order valence-corrected chi connectivity index (χ2v) is 2.42. The van der Waals surface area contributed by atoms with E-state index in [4.69, 9.17) is 5.21 Å². The molecule has 0 aliphatic rings. The van der Waals surface area contributed by atoms with Crippen LogP contribution in [0.25, 0.3) is 11.0 Å². The molecule has 5 heteroatoms. The second kappa shape index (κ2) is 2.04. The molecule has 0 saturated carbocycles. The first-order valence-corrected chi connectivity index (χ1v) is 3.32. The summed E-state index contributed by atoms with van der Waals surface area (Å²) in [5.41, 5.74) is -0.156. The fourth-order valence-electron chi connectivity index (χ4n) is 1.12. The van der Waals surface area contributed by atoms with Crippen LogP contribution in [-0.2, 0) is 0 Å². The quantitative estimate of drug-likeness (QED) is 0.491. The van der Waals surface area contributed by atoms with Crippen molar-refractivity contribution in [3.05, 3.63) is 28.7 Å². The molecule has 0 saturated heterocycles. The molecule has 0 fully saturated rings. The van der Waals surface area contributed by atoms with Gasteiger partial charge in [0, 0.05) is 0 Å². The van der Waals surface area contributed by atoms with Crippen molar-refractivity contribution in [1.29, 1.82) is 0 Å². The van der Waals surface area contributed by atoms with Crippen molar-refractivity contribution in [2.24, 2.45) is 0 Å². The zero-order chi connectivity index (χ0) is 8.72. The molecule has 2 aromatic rings. The highest BCUT2D eigenvalue weighted by Crippen LogP contribution is 2.20. The van der Waals surface area contributed by atoms with Crippen LogP contribution in [-0.4, -0.2) is 20.0 Å². The number of phenolic OH excluding ortho intramolecular Hbond substituents is 1. The van der Waals surface area contributed by atoms with Crippen molar-refractivity contribution < 1.29 is 10.3 Å². The number of phenols is 1. The van der Waals surface area contributed by atoms with Crippen LogP contribution in [0.5, 0.6) is 5.75 Å². The van der Waals surface area contributed by atoms with Gasteiger partial charge in [-0.05, 0) is 12.1 Å². The number of para-hydroxylation sites is 1. The van der Waals surface area contributed by atoms with E-state index in [9.17, 15) is 9.90 Å². The summed E-state index contributed by atoms with van der Waals surface area (Å²) in [6.45, 7) is 0. The molecule has 62 valence electrons. The molecule has 3 N–H and O–H groups in total. The van der Waals surface area contributed by atoms with E-state index in [2.05, 4.69) is 4.98 Å². The molecule has 5 nitrogen and oxygen atoms in total. The van der Waals surface area contributed by atoms with Crippen molar-refractivity contribution in [1.82, 2.24) is 9.71 Å². The molecular weight excluding hydrogens is 160 g/mol. The van der Waals surface area contributed by atoms with E-state index in [1.165, 1.54) is 6.07 Å². The van der Waals surface area contributed by atoms with Crippen molar-refractivity contribution in [3.63, 3.8) is 0 Å². The van der Waals surface area contributed by atoms with E-state index in [-0.39, 0.29) is 11.3 Å². The van der Waals surface area contributed by atoms with Crippen LogP contribution in [0.3, 0.4) is 0 Å². The number of benzene rings is 1. The highest BCUT2D eigenvalue weighted by molar-refractivity contribution is 5.81. The van der Waals surface area contributed by atoms with Crippen LogP contribution in [0.15, 0.2) is 23.0 Å². The fraction of sp³-hybridized carbons (Fsp3) is 0. The van der Waals surface area contributed by atoms with E-state index in [0.29, 0.717) is 10.2 Å². The highest BCUT2D eigenvalue weighted by Gasteiger charge is 2.07. The average Bonchev–Trinajstić information content (AvgIpc) is 2.29. The molecule has 2 rings (SSSR count). The molecular formula is C7H6N2O3. The monoisotopic (exact) mass is 166 g/mol. The molecule has 0 aliphatic carbocycles.